The summed E-state index contributed by atoms with van der Waals surface area (Å²) in [6.07, 6.45) is -3.05. The molecule has 2 heterocycles. The van der Waals surface area contributed by atoms with Crippen LogP contribution in [0.25, 0.3) is 22.3 Å². The molecule has 0 atom stereocenters. The molecule has 0 aliphatic rings. The lowest BCUT2D eigenvalue weighted by molar-refractivity contribution is -0.137. The van der Waals surface area contributed by atoms with Crippen molar-refractivity contribution in [3.8, 4) is 34.5 Å². The molecule has 5 aromatic rings. The fourth-order valence-electron chi connectivity index (χ4n) is 3.59. The van der Waals surface area contributed by atoms with E-state index in [1.165, 1.54) is 25.6 Å². The molecule has 37 heavy (non-hydrogen) atoms. The van der Waals surface area contributed by atoms with E-state index in [0.717, 1.165) is 12.1 Å². The molecule has 3 aromatic carbocycles. The Morgan fingerprint density at radius 2 is 1.62 bits per heavy atom. The first-order chi connectivity index (χ1) is 17.8. The summed E-state index contributed by atoms with van der Waals surface area (Å²) in [5, 5.41) is 11.5. The van der Waals surface area contributed by atoms with Gasteiger partial charge in [0.15, 0.2) is 17.3 Å². The van der Waals surface area contributed by atoms with Crippen LogP contribution in [0.4, 0.5) is 24.8 Å². The van der Waals surface area contributed by atoms with E-state index in [0.29, 0.717) is 45.4 Å². The van der Waals surface area contributed by atoms with Gasteiger partial charge >= 0.3 is 6.18 Å². The van der Waals surface area contributed by atoms with Crippen molar-refractivity contribution in [2.75, 3.05) is 19.5 Å². The Morgan fingerprint density at radius 3 is 2.35 bits per heavy atom. The minimum absolute atomic E-state index is 0.200. The van der Waals surface area contributed by atoms with E-state index in [1.54, 1.807) is 43.5 Å². The van der Waals surface area contributed by atoms with Crippen molar-refractivity contribution in [2.24, 2.45) is 0 Å². The predicted molar refractivity (Wildman–Crippen MR) is 129 cm³/mol. The van der Waals surface area contributed by atoms with Crippen LogP contribution in [0.5, 0.6) is 23.1 Å². The van der Waals surface area contributed by atoms with Crippen LogP contribution in [-0.2, 0) is 6.18 Å². The topological polar surface area (TPSA) is 107 Å². The molecule has 9 nitrogen and oxygen atoms in total. The van der Waals surface area contributed by atoms with Crippen LogP contribution in [0.1, 0.15) is 5.56 Å². The Balaban J connectivity index is 1.33. The summed E-state index contributed by atoms with van der Waals surface area (Å²) in [5.74, 6) is 2.53. The number of halogens is 3. The number of aromatic amines is 1. The predicted octanol–water partition coefficient (Wildman–Crippen LogP) is 5.99. The van der Waals surface area contributed by atoms with Gasteiger partial charge in [0.05, 0.1) is 30.7 Å². The first-order valence-electron chi connectivity index (χ1n) is 10.9. The molecule has 0 unspecified atom stereocenters. The number of hydrogen-bond donors (Lipinski definition) is 2. The Morgan fingerprint density at radius 1 is 0.865 bits per heavy atom. The fourth-order valence-corrected chi connectivity index (χ4v) is 3.59. The highest BCUT2D eigenvalue weighted by Gasteiger charge is 2.30. The van der Waals surface area contributed by atoms with Gasteiger partial charge in [-0.2, -0.15) is 13.2 Å². The van der Waals surface area contributed by atoms with Gasteiger partial charge < -0.3 is 24.5 Å². The van der Waals surface area contributed by atoms with Crippen LogP contribution < -0.4 is 19.5 Å². The van der Waals surface area contributed by atoms with Crippen molar-refractivity contribution in [3.05, 3.63) is 72.6 Å². The van der Waals surface area contributed by atoms with Crippen LogP contribution in [-0.4, -0.2) is 39.4 Å². The van der Waals surface area contributed by atoms with E-state index in [9.17, 15) is 13.2 Å². The monoisotopic (exact) mass is 508 g/mol. The smallest absolute Gasteiger partial charge is 0.416 e. The molecule has 188 valence electrons. The van der Waals surface area contributed by atoms with Gasteiger partial charge in [0.1, 0.15) is 12.1 Å². The first kappa shape index (κ1) is 23.9. The molecular formula is C25H19F3N6O3. The van der Waals surface area contributed by atoms with Gasteiger partial charge in [-0.05, 0) is 48.5 Å². The van der Waals surface area contributed by atoms with Crippen molar-refractivity contribution in [2.45, 2.75) is 6.18 Å². The number of hydrogen-bond acceptors (Lipinski definition) is 8. The molecule has 0 spiro atoms. The van der Waals surface area contributed by atoms with Crippen LogP contribution >= 0.6 is 0 Å². The number of anilines is 2. The Hall–Kier alpha value is -4.87. The molecule has 0 radical (unpaired) electrons. The highest BCUT2D eigenvalue weighted by Crippen LogP contribution is 2.36. The molecule has 0 amide bonds. The fraction of sp³-hybridized carbons (Fsp3) is 0.120. The van der Waals surface area contributed by atoms with E-state index in [2.05, 4.69) is 30.5 Å². The molecule has 2 N–H and O–H groups in total. The van der Waals surface area contributed by atoms with Crippen molar-refractivity contribution in [1.29, 1.82) is 0 Å². The number of nitrogens with one attached hydrogen (secondary N) is 2. The second-order valence-electron chi connectivity index (χ2n) is 7.76. The molecule has 2 aromatic heterocycles. The summed E-state index contributed by atoms with van der Waals surface area (Å²) in [5.41, 5.74) is 0.784. The van der Waals surface area contributed by atoms with Gasteiger partial charge in [0, 0.05) is 17.3 Å². The van der Waals surface area contributed by atoms with Crippen LogP contribution in [0.15, 0.2) is 67.0 Å². The zero-order chi connectivity index (χ0) is 26.0. The van der Waals surface area contributed by atoms with Crippen LogP contribution in [0, 0.1) is 0 Å². The normalized spacial score (nSPS) is 11.4. The van der Waals surface area contributed by atoms with Gasteiger partial charge in [-0.1, -0.05) is 6.07 Å². The maximum absolute atomic E-state index is 13.0. The zero-order valence-electron chi connectivity index (χ0n) is 19.5. The molecule has 0 saturated heterocycles. The molecular weight excluding hydrogens is 489 g/mol. The zero-order valence-corrected chi connectivity index (χ0v) is 19.5. The maximum atomic E-state index is 13.0. The summed E-state index contributed by atoms with van der Waals surface area (Å²) in [6.45, 7) is 0. The number of rotatable bonds is 7. The third-order valence-corrected chi connectivity index (χ3v) is 5.39. The van der Waals surface area contributed by atoms with Crippen LogP contribution in [0.2, 0.25) is 0 Å². The first-order valence-corrected chi connectivity index (χ1v) is 10.9. The number of methoxy groups -OCH3 is 2. The van der Waals surface area contributed by atoms with E-state index in [1.807, 2.05) is 0 Å². The third-order valence-electron chi connectivity index (χ3n) is 5.39. The number of nitrogens with zero attached hydrogens (tertiary/aromatic N) is 4. The number of aromatic nitrogens is 5. The lowest BCUT2D eigenvalue weighted by Gasteiger charge is -2.11. The van der Waals surface area contributed by atoms with Crippen molar-refractivity contribution in [3.63, 3.8) is 0 Å². The quantitative estimate of drug-likeness (QED) is 0.276. The second kappa shape index (κ2) is 9.64. The highest BCUT2D eigenvalue weighted by molar-refractivity contribution is 5.87. The summed E-state index contributed by atoms with van der Waals surface area (Å²) < 4.78 is 55.5. The highest BCUT2D eigenvalue weighted by atomic mass is 19.4. The average Bonchev–Trinajstić information content (AvgIpc) is 3.36. The Labute approximate surface area is 208 Å². The van der Waals surface area contributed by atoms with Crippen molar-refractivity contribution in [1.82, 2.24) is 25.1 Å². The third kappa shape index (κ3) is 5.08. The van der Waals surface area contributed by atoms with Gasteiger partial charge in [-0.15, -0.1) is 10.2 Å². The molecule has 5 rings (SSSR count). The lowest BCUT2D eigenvalue weighted by Crippen LogP contribution is -2.05. The minimum Gasteiger partial charge on any atom is -0.493 e. The Bertz CT molecular complexity index is 1550. The lowest BCUT2D eigenvalue weighted by atomic mass is 10.2. The van der Waals surface area contributed by atoms with E-state index < -0.39 is 11.7 Å². The van der Waals surface area contributed by atoms with E-state index in [4.69, 9.17) is 14.2 Å². The summed E-state index contributed by atoms with van der Waals surface area (Å²) >= 11 is 0. The number of H-pyrrole nitrogens is 1. The molecule has 0 aliphatic carbocycles. The standard InChI is InChI=1S/C25H19F3N6O3/c1-35-20-11-18-19(12-21(20)36-2)29-13-30-23(18)37-17-8-6-14(7-9-17)22-32-24(34-33-22)31-16-5-3-4-15(10-16)25(26,27)28/h3-13H,1-2H3,(H2,31,32,33,34). The van der Waals surface area contributed by atoms with E-state index in [-0.39, 0.29) is 11.6 Å². The van der Waals surface area contributed by atoms with E-state index >= 15 is 0 Å². The summed E-state index contributed by atoms with van der Waals surface area (Å²) in [4.78, 5) is 11.5. The summed E-state index contributed by atoms with van der Waals surface area (Å²) in [6, 6.07) is 15.3. The number of fused-ring (bicyclic) bond motifs is 1. The summed E-state index contributed by atoms with van der Waals surface area (Å²) in [7, 11) is 3.08. The van der Waals surface area contributed by atoms with Gasteiger partial charge in [-0.3, -0.25) is 0 Å². The molecule has 12 heteroatoms. The largest absolute Gasteiger partial charge is 0.493 e. The van der Waals surface area contributed by atoms with Gasteiger partial charge in [0.2, 0.25) is 11.8 Å². The number of alkyl halides is 3. The Kier molecular flexibility index (Phi) is 6.22. The molecule has 0 bridgehead atoms. The van der Waals surface area contributed by atoms with Gasteiger partial charge in [0.25, 0.3) is 0 Å². The van der Waals surface area contributed by atoms with Crippen molar-refractivity contribution >= 4 is 22.5 Å². The minimum atomic E-state index is -4.44. The number of benzene rings is 3. The van der Waals surface area contributed by atoms with Crippen molar-refractivity contribution < 1.29 is 27.4 Å². The van der Waals surface area contributed by atoms with Crippen LogP contribution in [0.3, 0.4) is 0 Å². The molecule has 0 saturated carbocycles. The second-order valence-corrected chi connectivity index (χ2v) is 7.76. The molecule has 0 fully saturated rings. The SMILES string of the molecule is COc1cc2ncnc(Oc3ccc(-c4nnc(Nc5cccc(C(F)(F)F)c5)[nH]4)cc3)c2cc1OC. The maximum Gasteiger partial charge on any atom is 0.416 e. The average molecular weight is 508 g/mol. The number of ether oxygens (including phenoxy) is 3. The molecule has 0 aliphatic heterocycles. The van der Waals surface area contributed by atoms with Gasteiger partial charge in [-0.25, -0.2) is 9.97 Å².